The molecule has 2 aliphatic heterocycles. The van der Waals surface area contributed by atoms with Crippen molar-refractivity contribution in [1.82, 2.24) is 9.80 Å². The van der Waals surface area contributed by atoms with E-state index in [1.54, 1.807) is 0 Å². The van der Waals surface area contributed by atoms with Gasteiger partial charge in [0.05, 0.1) is 0 Å². The van der Waals surface area contributed by atoms with Crippen LogP contribution in [0.3, 0.4) is 0 Å². The second-order valence-corrected chi connectivity index (χ2v) is 8.10. The minimum absolute atomic E-state index is 0.437. The summed E-state index contributed by atoms with van der Waals surface area (Å²) in [7, 11) is 0. The Kier molecular flexibility index (Phi) is 10.6. The van der Waals surface area contributed by atoms with Gasteiger partial charge in [0.25, 0.3) is 0 Å². The first-order valence-electron chi connectivity index (χ1n) is 9.83. The van der Waals surface area contributed by atoms with Crippen LogP contribution in [0.2, 0.25) is 0 Å². The molecule has 0 bridgehead atoms. The summed E-state index contributed by atoms with van der Waals surface area (Å²) in [6.07, 6.45) is 8.28. The molecule has 2 unspecified atom stereocenters. The zero-order valence-electron chi connectivity index (χ0n) is 16.1. The molecule has 2 rings (SSSR count). The molecule has 2 fully saturated rings. The molecule has 23 heavy (non-hydrogen) atoms. The molecule has 0 aliphatic carbocycles. The summed E-state index contributed by atoms with van der Waals surface area (Å²) in [6, 6.07) is 0. The summed E-state index contributed by atoms with van der Waals surface area (Å²) in [6.45, 7) is 18.7. The van der Waals surface area contributed by atoms with Gasteiger partial charge in [0.15, 0.2) is 0 Å². The van der Waals surface area contributed by atoms with E-state index in [0.29, 0.717) is 5.37 Å². The lowest BCUT2D eigenvalue weighted by Gasteiger charge is -2.32. The van der Waals surface area contributed by atoms with Crippen LogP contribution in [0, 0.1) is 11.8 Å². The van der Waals surface area contributed by atoms with Gasteiger partial charge >= 0.3 is 0 Å². The normalized spacial score (nSPS) is 25.0. The number of hydrogen-bond acceptors (Lipinski definition) is 3. The smallest absolute Gasteiger partial charge is 0.0499 e. The van der Waals surface area contributed by atoms with E-state index in [-0.39, 0.29) is 0 Å². The standard InChI is InChI=1S/C18H34N2S.C2H6/c1-15(2)6-10-19-11-7-17(8-12-19)4-5-18-9-13-20(14-18)16(3)21;1-2/h16-18,21H,1,4-14H2,2-3H3;1-2H3. The van der Waals surface area contributed by atoms with E-state index in [0.717, 1.165) is 11.8 Å². The molecule has 0 aromatic rings. The van der Waals surface area contributed by atoms with Crippen LogP contribution in [0.5, 0.6) is 0 Å². The van der Waals surface area contributed by atoms with E-state index in [4.69, 9.17) is 0 Å². The molecule has 0 aromatic heterocycles. The van der Waals surface area contributed by atoms with Crippen LogP contribution in [0.25, 0.3) is 0 Å². The first-order chi connectivity index (χ1) is 11.0. The van der Waals surface area contributed by atoms with Gasteiger partial charge in [0.2, 0.25) is 0 Å². The summed E-state index contributed by atoms with van der Waals surface area (Å²) >= 11 is 4.56. The van der Waals surface area contributed by atoms with Crippen molar-refractivity contribution in [2.75, 3.05) is 32.7 Å². The number of likely N-dealkylation sites (tertiary alicyclic amines) is 2. The van der Waals surface area contributed by atoms with E-state index >= 15 is 0 Å². The average molecular weight is 341 g/mol. The van der Waals surface area contributed by atoms with Gasteiger partial charge in [-0.2, -0.15) is 12.6 Å². The van der Waals surface area contributed by atoms with Crippen molar-refractivity contribution in [2.24, 2.45) is 11.8 Å². The molecule has 2 aliphatic rings. The van der Waals surface area contributed by atoms with Gasteiger partial charge in [0, 0.05) is 18.5 Å². The summed E-state index contributed by atoms with van der Waals surface area (Å²) in [5.74, 6) is 1.91. The van der Waals surface area contributed by atoms with Gasteiger partial charge in [-0.05, 0) is 77.4 Å². The molecule has 2 atom stereocenters. The van der Waals surface area contributed by atoms with Crippen LogP contribution in [-0.2, 0) is 0 Å². The highest BCUT2D eigenvalue weighted by Gasteiger charge is 2.26. The number of rotatable bonds is 7. The molecule has 0 aromatic carbocycles. The lowest BCUT2D eigenvalue weighted by molar-refractivity contribution is 0.175. The van der Waals surface area contributed by atoms with Crippen molar-refractivity contribution in [3.05, 3.63) is 12.2 Å². The van der Waals surface area contributed by atoms with Gasteiger partial charge in [0.1, 0.15) is 0 Å². The predicted octanol–water partition coefficient (Wildman–Crippen LogP) is 5.07. The summed E-state index contributed by atoms with van der Waals surface area (Å²) in [5.41, 5.74) is 1.32. The fourth-order valence-electron chi connectivity index (χ4n) is 3.76. The molecule has 0 amide bonds. The lowest BCUT2D eigenvalue weighted by Crippen LogP contribution is -2.34. The second kappa shape index (κ2) is 11.5. The molecular formula is C20H40N2S. The zero-order chi connectivity index (χ0) is 17.2. The Morgan fingerprint density at radius 2 is 1.65 bits per heavy atom. The second-order valence-electron chi connectivity index (χ2n) is 7.35. The summed E-state index contributed by atoms with van der Waals surface area (Å²) < 4.78 is 0. The third-order valence-corrected chi connectivity index (χ3v) is 5.72. The maximum atomic E-state index is 4.56. The topological polar surface area (TPSA) is 6.48 Å². The maximum Gasteiger partial charge on any atom is 0.0499 e. The first kappa shape index (κ1) is 21.1. The van der Waals surface area contributed by atoms with Crippen molar-refractivity contribution in [2.45, 2.75) is 71.6 Å². The minimum atomic E-state index is 0.437. The minimum Gasteiger partial charge on any atom is -0.303 e. The van der Waals surface area contributed by atoms with Gasteiger partial charge < -0.3 is 4.90 Å². The first-order valence-corrected chi connectivity index (χ1v) is 10.3. The van der Waals surface area contributed by atoms with Gasteiger partial charge in [-0.25, -0.2) is 0 Å². The van der Waals surface area contributed by atoms with E-state index in [2.05, 4.69) is 42.9 Å². The molecule has 0 saturated carbocycles. The van der Waals surface area contributed by atoms with E-state index < -0.39 is 0 Å². The van der Waals surface area contributed by atoms with E-state index in [1.165, 1.54) is 76.8 Å². The highest BCUT2D eigenvalue weighted by molar-refractivity contribution is 7.80. The van der Waals surface area contributed by atoms with Gasteiger partial charge in [-0.1, -0.05) is 25.8 Å². The zero-order valence-corrected chi connectivity index (χ0v) is 17.0. The molecule has 136 valence electrons. The van der Waals surface area contributed by atoms with Crippen LogP contribution < -0.4 is 0 Å². The van der Waals surface area contributed by atoms with E-state index in [1.807, 2.05) is 13.8 Å². The molecule has 0 spiro atoms. The summed E-state index contributed by atoms with van der Waals surface area (Å²) in [4.78, 5) is 5.15. The Morgan fingerprint density at radius 3 is 2.17 bits per heavy atom. The van der Waals surface area contributed by atoms with Crippen molar-refractivity contribution in [1.29, 1.82) is 0 Å². The summed E-state index contributed by atoms with van der Waals surface area (Å²) in [5, 5.41) is 0.437. The van der Waals surface area contributed by atoms with Crippen molar-refractivity contribution in [3.63, 3.8) is 0 Å². The Hall–Kier alpha value is 0.0100. The SMILES string of the molecule is C=C(C)CCN1CCC(CCC2CCN(C(C)S)C2)CC1.CC. The molecule has 2 heterocycles. The molecule has 0 radical (unpaired) electrons. The Labute approximate surface area is 151 Å². The molecular weight excluding hydrogens is 300 g/mol. The van der Waals surface area contributed by atoms with Crippen molar-refractivity contribution in [3.8, 4) is 0 Å². The quantitative estimate of drug-likeness (QED) is 0.511. The lowest BCUT2D eigenvalue weighted by atomic mass is 9.88. The molecule has 0 N–H and O–H groups in total. The monoisotopic (exact) mass is 340 g/mol. The van der Waals surface area contributed by atoms with E-state index in [9.17, 15) is 0 Å². The Morgan fingerprint density at radius 1 is 1.09 bits per heavy atom. The highest BCUT2D eigenvalue weighted by Crippen LogP contribution is 2.29. The van der Waals surface area contributed by atoms with Crippen LogP contribution in [-0.4, -0.2) is 47.9 Å². The van der Waals surface area contributed by atoms with Crippen LogP contribution in [0.1, 0.15) is 66.2 Å². The average Bonchev–Trinajstić information content (AvgIpc) is 3.03. The third kappa shape index (κ3) is 8.09. The highest BCUT2D eigenvalue weighted by atomic mass is 32.1. The number of thiol groups is 1. The molecule has 2 nitrogen and oxygen atoms in total. The number of hydrogen-bond donors (Lipinski definition) is 1. The van der Waals surface area contributed by atoms with Crippen LogP contribution in [0.4, 0.5) is 0 Å². The predicted molar refractivity (Wildman–Crippen MR) is 107 cm³/mol. The van der Waals surface area contributed by atoms with Crippen LogP contribution in [0.15, 0.2) is 12.2 Å². The fraction of sp³-hybridized carbons (Fsp3) is 0.900. The van der Waals surface area contributed by atoms with Crippen molar-refractivity contribution < 1.29 is 0 Å². The van der Waals surface area contributed by atoms with Crippen molar-refractivity contribution >= 4 is 12.6 Å². The molecule has 3 heteroatoms. The fourth-order valence-corrected chi connectivity index (χ4v) is 3.97. The number of piperidine rings is 1. The third-order valence-electron chi connectivity index (χ3n) is 5.39. The van der Waals surface area contributed by atoms with Gasteiger partial charge in [-0.15, -0.1) is 6.58 Å². The van der Waals surface area contributed by atoms with Gasteiger partial charge in [-0.3, -0.25) is 4.90 Å². The number of nitrogens with zero attached hydrogens (tertiary/aromatic N) is 2. The Balaban J connectivity index is 0.00000127. The molecule has 2 saturated heterocycles. The van der Waals surface area contributed by atoms with Crippen LogP contribution >= 0.6 is 12.6 Å². The Bertz CT molecular complexity index is 322. The maximum absolute atomic E-state index is 4.56. The largest absolute Gasteiger partial charge is 0.303 e.